The van der Waals surface area contributed by atoms with E-state index in [1.54, 1.807) is 0 Å². The Labute approximate surface area is 186 Å². The lowest BCUT2D eigenvalue weighted by Crippen LogP contribution is -2.32. The summed E-state index contributed by atoms with van der Waals surface area (Å²) < 4.78 is 34.2. The Bertz CT molecular complexity index is 1120. The Kier molecular flexibility index (Phi) is 7.14. The van der Waals surface area contributed by atoms with E-state index in [9.17, 15) is 23.3 Å². The van der Waals surface area contributed by atoms with Crippen LogP contribution in [0.3, 0.4) is 0 Å². The summed E-state index contributed by atoms with van der Waals surface area (Å²) in [6.07, 6.45) is 3.63. The maximum atomic E-state index is 13.1. The molecule has 1 aliphatic rings. The van der Waals surface area contributed by atoms with Gasteiger partial charge in [-0.3, -0.25) is 19.6 Å². The third kappa shape index (κ3) is 4.91. The van der Waals surface area contributed by atoms with Gasteiger partial charge in [0.05, 0.1) is 22.6 Å². The van der Waals surface area contributed by atoms with Crippen LogP contribution in [0.1, 0.15) is 37.1 Å². The predicted molar refractivity (Wildman–Crippen MR) is 117 cm³/mol. The van der Waals surface area contributed by atoms with Crippen molar-refractivity contribution in [2.75, 3.05) is 25.5 Å². The molecule has 32 heavy (non-hydrogen) atoms. The van der Waals surface area contributed by atoms with Crippen LogP contribution in [0.25, 0.3) is 0 Å². The van der Waals surface area contributed by atoms with Crippen molar-refractivity contribution >= 4 is 27.3 Å². The van der Waals surface area contributed by atoms with Crippen molar-refractivity contribution in [3.8, 4) is 5.75 Å². The van der Waals surface area contributed by atoms with E-state index in [0.717, 1.165) is 25.7 Å². The van der Waals surface area contributed by atoms with Crippen LogP contribution in [0.2, 0.25) is 0 Å². The molecule has 174 valence electrons. The number of aromatic nitrogens is 2. The summed E-state index contributed by atoms with van der Waals surface area (Å²) >= 11 is 0. The normalized spacial score (nSPS) is 15.2. The van der Waals surface area contributed by atoms with E-state index in [2.05, 4.69) is 10.4 Å². The minimum Gasteiger partial charge on any atom is -0.495 e. The van der Waals surface area contributed by atoms with Gasteiger partial charge in [-0.2, -0.15) is 9.40 Å². The SMILES string of the molecule is COc1ccc(S(=O)(=O)N2CCCCCC2)cc1NC(=O)Cn1nc(C)c([N+](=O)[O-])c1C. The monoisotopic (exact) mass is 465 g/mol. The lowest BCUT2D eigenvalue weighted by atomic mass is 10.2. The van der Waals surface area contributed by atoms with Crippen LogP contribution in [-0.4, -0.2) is 53.5 Å². The van der Waals surface area contributed by atoms with Crippen molar-refractivity contribution in [1.82, 2.24) is 14.1 Å². The highest BCUT2D eigenvalue weighted by Crippen LogP contribution is 2.30. The molecule has 1 aromatic heterocycles. The van der Waals surface area contributed by atoms with E-state index in [1.165, 1.54) is 48.1 Å². The van der Waals surface area contributed by atoms with Gasteiger partial charge in [0, 0.05) is 13.1 Å². The molecule has 11 nitrogen and oxygen atoms in total. The molecule has 0 radical (unpaired) electrons. The molecular formula is C20H27N5O6S. The summed E-state index contributed by atoms with van der Waals surface area (Å²) in [5.41, 5.74) is 0.529. The maximum absolute atomic E-state index is 13.1. The van der Waals surface area contributed by atoms with Crippen LogP contribution >= 0.6 is 0 Å². The van der Waals surface area contributed by atoms with Gasteiger partial charge in [0.1, 0.15) is 23.7 Å². The summed E-state index contributed by atoms with van der Waals surface area (Å²) in [5.74, 6) is -0.222. The summed E-state index contributed by atoms with van der Waals surface area (Å²) in [6.45, 7) is 3.67. The van der Waals surface area contributed by atoms with Crippen LogP contribution in [0.5, 0.6) is 5.75 Å². The number of amides is 1. The number of sulfonamides is 1. The third-order valence-electron chi connectivity index (χ3n) is 5.47. The maximum Gasteiger partial charge on any atom is 0.312 e. The molecule has 2 aromatic rings. The van der Waals surface area contributed by atoms with Crippen molar-refractivity contribution < 1.29 is 22.9 Å². The largest absolute Gasteiger partial charge is 0.495 e. The number of aryl methyl sites for hydroxylation is 1. The molecule has 0 saturated carbocycles. The zero-order chi connectivity index (χ0) is 23.5. The number of nitrogens with one attached hydrogen (secondary N) is 1. The van der Waals surface area contributed by atoms with Gasteiger partial charge in [-0.1, -0.05) is 12.8 Å². The van der Waals surface area contributed by atoms with E-state index >= 15 is 0 Å². The van der Waals surface area contributed by atoms with Gasteiger partial charge >= 0.3 is 5.69 Å². The number of hydrogen-bond acceptors (Lipinski definition) is 7. The van der Waals surface area contributed by atoms with Crippen LogP contribution in [0.4, 0.5) is 11.4 Å². The standard InChI is InChI=1S/C20H27N5O6S/c1-14-20(25(27)28)15(2)24(22-14)13-19(26)21-17-12-16(8-9-18(17)31-3)32(29,30)23-10-6-4-5-7-11-23/h8-9,12H,4-7,10-11,13H2,1-3H3,(H,21,26). The average molecular weight is 466 g/mol. The highest BCUT2D eigenvalue weighted by atomic mass is 32.2. The Morgan fingerprint density at radius 1 is 1.22 bits per heavy atom. The number of rotatable bonds is 7. The first kappa shape index (κ1) is 23.7. The molecule has 1 N–H and O–H groups in total. The van der Waals surface area contributed by atoms with Crippen LogP contribution in [0, 0.1) is 24.0 Å². The molecule has 1 amide bonds. The Hall–Kier alpha value is -2.99. The summed E-state index contributed by atoms with van der Waals surface area (Å²) in [7, 11) is -2.30. The van der Waals surface area contributed by atoms with E-state index in [1.807, 2.05) is 0 Å². The average Bonchev–Trinajstić information content (AvgIpc) is 2.92. The van der Waals surface area contributed by atoms with Gasteiger partial charge in [-0.25, -0.2) is 8.42 Å². The number of hydrogen-bond donors (Lipinski definition) is 1. The third-order valence-corrected chi connectivity index (χ3v) is 7.36. The first-order valence-corrected chi connectivity index (χ1v) is 11.8. The number of carbonyl (C=O) groups excluding carboxylic acids is 1. The van der Waals surface area contributed by atoms with Crippen molar-refractivity contribution in [2.45, 2.75) is 51.0 Å². The van der Waals surface area contributed by atoms with Crippen molar-refractivity contribution in [3.05, 3.63) is 39.7 Å². The van der Waals surface area contributed by atoms with Gasteiger partial charge in [0.2, 0.25) is 15.9 Å². The van der Waals surface area contributed by atoms with Crippen LogP contribution in [-0.2, 0) is 21.4 Å². The molecule has 0 bridgehead atoms. The first-order chi connectivity index (χ1) is 15.1. The number of benzene rings is 1. The fraction of sp³-hybridized carbons (Fsp3) is 0.500. The second kappa shape index (κ2) is 9.65. The van der Waals surface area contributed by atoms with Crippen LogP contribution < -0.4 is 10.1 Å². The minimum atomic E-state index is -3.71. The molecule has 0 atom stereocenters. The van der Waals surface area contributed by atoms with E-state index < -0.39 is 20.9 Å². The topological polar surface area (TPSA) is 137 Å². The number of anilines is 1. The quantitative estimate of drug-likeness (QED) is 0.490. The highest BCUT2D eigenvalue weighted by Gasteiger charge is 2.27. The Balaban J connectivity index is 1.84. The molecule has 2 heterocycles. The van der Waals surface area contributed by atoms with E-state index in [0.29, 0.717) is 18.8 Å². The molecule has 0 unspecified atom stereocenters. The molecule has 1 saturated heterocycles. The molecule has 0 aliphatic carbocycles. The van der Waals surface area contributed by atoms with Gasteiger partial charge in [-0.15, -0.1) is 0 Å². The van der Waals surface area contributed by atoms with Crippen molar-refractivity contribution in [2.24, 2.45) is 0 Å². The van der Waals surface area contributed by atoms with Crippen LogP contribution in [0.15, 0.2) is 23.1 Å². The second-order valence-corrected chi connectivity index (χ2v) is 9.60. The molecule has 1 aromatic carbocycles. The predicted octanol–water partition coefficient (Wildman–Crippen LogP) is 2.62. The molecule has 1 aliphatic heterocycles. The van der Waals surface area contributed by atoms with Gasteiger partial charge < -0.3 is 10.1 Å². The molecule has 12 heteroatoms. The van der Waals surface area contributed by atoms with Gasteiger partial charge in [0.15, 0.2) is 0 Å². The zero-order valence-corrected chi connectivity index (χ0v) is 19.1. The zero-order valence-electron chi connectivity index (χ0n) is 18.3. The van der Waals surface area contributed by atoms with E-state index in [-0.39, 0.29) is 34.2 Å². The minimum absolute atomic E-state index is 0.0669. The Morgan fingerprint density at radius 3 is 2.44 bits per heavy atom. The summed E-state index contributed by atoms with van der Waals surface area (Å²) in [6, 6.07) is 4.33. The fourth-order valence-electron chi connectivity index (χ4n) is 3.81. The second-order valence-electron chi connectivity index (χ2n) is 7.66. The van der Waals surface area contributed by atoms with E-state index in [4.69, 9.17) is 4.74 Å². The number of nitrogens with zero attached hydrogens (tertiary/aromatic N) is 4. The molecular weight excluding hydrogens is 438 g/mol. The summed E-state index contributed by atoms with van der Waals surface area (Å²) in [5, 5.41) is 17.9. The van der Waals surface area contributed by atoms with Gasteiger partial charge in [0.25, 0.3) is 0 Å². The van der Waals surface area contributed by atoms with Gasteiger partial charge in [-0.05, 0) is 44.9 Å². The fourth-order valence-corrected chi connectivity index (χ4v) is 5.35. The highest BCUT2D eigenvalue weighted by molar-refractivity contribution is 7.89. The number of methoxy groups -OCH3 is 1. The molecule has 1 fully saturated rings. The number of carbonyl (C=O) groups is 1. The number of nitro groups is 1. The molecule has 0 spiro atoms. The smallest absolute Gasteiger partial charge is 0.312 e. The summed E-state index contributed by atoms with van der Waals surface area (Å²) in [4.78, 5) is 23.3. The van der Waals surface area contributed by atoms with Crippen molar-refractivity contribution in [3.63, 3.8) is 0 Å². The first-order valence-electron chi connectivity index (χ1n) is 10.3. The molecule has 3 rings (SSSR count). The number of ether oxygens (including phenoxy) is 1. The van der Waals surface area contributed by atoms with Crippen molar-refractivity contribution in [1.29, 1.82) is 0 Å². The lowest BCUT2D eigenvalue weighted by molar-refractivity contribution is -0.386. The Morgan fingerprint density at radius 2 is 1.88 bits per heavy atom. The lowest BCUT2D eigenvalue weighted by Gasteiger charge is -2.21.